The maximum atomic E-state index is 9.42. The molecule has 0 amide bonds. The largest absolute Gasteiger partial charge is 0.393 e. The summed E-state index contributed by atoms with van der Waals surface area (Å²) in [5.41, 5.74) is 0. The Labute approximate surface area is 108 Å². The second-order valence-corrected chi connectivity index (χ2v) is 5.49. The SMILES string of the molecule is O[C@H]1CC[C@H](CNc2ncc(Cl)cc2Br)C1. The number of pyridine rings is 1. The summed E-state index contributed by atoms with van der Waals surface area (Å²) in [7, 11) is 0. The molecule has 0 aromatic carbocycles. The molecule has 5 heteroatoms. The van der Waals surface area contributed by atoms with Crippen molar-refractivity contribution < 1.29 is 5.11 Å². The van der Waals surface area contributed by atoms with Gasteiger partial charge in [0, 0.05) is 12.7 Å². The van der Waals surface area contributed by atoms with Crippen LogP contribution in [0, 0.1) is 5.92 Å². The fourth-order valence-electron chi connectivity index (χ4n) is 2.02. The molecule has 0 aliphatic heterocycles. The lowest BCUT2D eigenvalue weighted by Crippen LogP contribution is -2.13. The number of anilines is 1. The Morgan fingerprint density at radius 1 is 1.56 bits per heavy atom. The maximum absolute atomic E-state index is 9.42. The third-order valence-corrected chi connectivity index (χ3v) is 3.69. The van der Waals surface area contributed by atoms with E-state index in [-0.39, 0.29) is 6.10 Å². The van der Waals surface area contributed by atoms with Crippen LogP contribution in [-0.2, 0) is 0 Å². The van der Waals surface area contributed by atoms with Gasteiger partial charge in [-0.3, -0.25) is 0 Å². The van der Waals surface area contributed by atoms with Gasteiger partial charge in [0.15, 0.2) is 0 Å². The van der Waals surface area contributed by atoms with Crippen molar-refractivity contribution in [3.8, 4) is 0 Å². The molecule has 3 nitrogen and oxygen atoms in total. The van der Waals surface area contributed by atoms with Crippen molar-refractivity contribution in [3.05, 3.63) is 21.8 Å². The van der Waals surface area contributed by atoms with Crippen molar-refractivity contribution in [3.63, 3.8) is 0 Å². The van der Waals surface area contributed by atoms with E-state index >= 15 is 0 Å². The molecule has 0 unspecified atom stereocenters. The number of hydrogen-bond donors (Lipinski definition) is 2. The molecule has 1 fully saturated rings. The van der Waals surface area contributed by atoms with Gasteiger partial charge >= 0.3 is 0 Å². The molecule has 1 aliphatic rings. The number of aliphatic hydroxyl groups is 1. The van der Waals surface area contributed by atoms with Gasteiger partial charge in [-0.15, -0.1) is 0 Å². The Balaban J connectivity index is 1.89. The summed E-state index contributed by atoms with van der Waals surface area (Å²) < 4.78 is 0.874. The lowest BCUT2D eigenvalue weighted by Gasteiger charge is -2.12. The summed E-state index contributed by atoms with van der Waals surface area (Å²) in [5.74, 6) is 1.35. The first-order chi connectivity index (χ1) is 7.65. The summed E-state index contributed by atoms with van der Waals surface area (Å²) in [5, 5.41) is 13.3. The van der Waals surface area contributed by atoms with Gasteiger partial charge in [0.05, 0.1) is 15.6 Å². The molecule has 2 atom stereocenters. The molecule has 1 aromatic heterocycles. The second-order valence-electron chi connectivity index (χ2n) is 4.20. The lowest BCUT2D eigenvalue weighted by molar-refractivity contribution is 0.178. The van der Waals surface area contributed by atoms with Crippen LogP contribution in [0.5, 0.6) is 0 Å². The molecule has 1 saturated carbocycles. The highest BCUT2D eigenvalue weighted by Crippen LogP contribution is 2.27. The van der Waals surface area contributed by atoms with Crippen LogP contribution in [0.4, 0.5) is 5.82 Å². The number of aliphatic hydroxyl groups excluding tert-OH is 1. The van der Waals surface area contributed by atoms with E-state index in [1.165, 1.54) is 0 Å². The molecule has 0 spiro atoms. The predicted molar refractivity (Wildman–Crippen MR) is 68.8 cm³/mol. The van der Waals surface area contributed by atoms with E-state index in [1.807, 2.05) is 6.07 Å². The van der Waals surface area contributed by atoms with Crippen LogP contribution in [0.15, 0.2) is 16.7 Å². The minimum Gasteiger partial charge on any atom is -0.393 e. The van der Waals surface area contributed by atoms with Crippen molar-refractivity contribution in [1.82, 2.24) is 4.98 Å². The zero-order chi connectivity index (χ0) is 11.5. The quantitative estimate of drug-likeness (QED) is 0.902. The molecule has 2 N–H and O–H groups in total. The smallest absolute Gasteiger partial charge is 0.140 e. The first-order valence-corrected chi connectivity index (χ1v) is 6.55. The summed E-state index contributed by atoms with van der Waals surface area (Å²) in [4.78, 5) is 4.21. The number of aromatic nitrogens is 1. The molecule has 2 rings (SSSR count). The van der Waals surface area contributed by atoms with Crippen LogP contribution >= 0.6 is 27.5 Å². The Morgan fingerprint density at radius 2 is 2.38 bits per heavy atom. The average molecular weight is 306 g/mol. The van der Waals surface area contributed by atoms with E-state index < -0.39 is 0 Å². The maximum Gasteiger partial charge on any atom is 0.140 e. The third-order valence-electron chi connectivity index (χ3n) is 2.88. The molecular weight excluding hydrogens is 291 g/mol. The van der Waals surface area contributed by atoms with E-state index in [4.69, 9.17) is 11.6 Å². The van der Waals surface area contributed by atoms with Crippen molar-refractivity contribution in [2.75, 3.05) is 11.9 Å². The van der Waals surface area contributed by atoms with E-state index in [0.29, 0.717) is 10.9 Å². The molecule has 88 valence electrons. The van der Waals surface area contributed by atoms with E-state index in [9.17, 15) is 5.11 Å². The van der Waals surface area contributed by atoms with Crippen molar-refractivity contribution in [1.29, 1.82) is 0 Å². The monoisotopic (exact) mass is 304 g/mol. The van der Waals surface area contributed by atoms with E-state index in [2.05, 4.69) is 26.2 Å². The standard InChI is InChI=1S/C11H14BrClN2O/c12-10-4-8(13)6-15-11(10)14-5-7-1-2-9(16)3-7/h4,6-7,9,16H,1-3,5H2,(H,14,15)/t7-,9-/m0/s1. The molecule has 0 radical (unpaired) electrons. The lowest BCUT2D eigenvalue weighted by atomic mass is 10.1. The first-order valence-electron chi connectivity index (χ1n) is 5.38. The highest BCUT2D eigenvalue weighted by molar-refractivity contribution is 9.10. The number of hydrogen-bond acceptors (Lipinski definition) is 3. The summed E-state index contributed by atoms with van der Waals surface area (Å²) in [6.07, 6.45) is 4.39. The van der Waals surface area contributed by atoms with Crippen LogP contribution in [0.25, 0.3) is 0 Å². The van der Waals surface area contributed by atoms with Crippen LogP contribution < -0.4 is 5.32 Å². The van der Waals surface area contributed by atoms with E-state index in [1.54, 1.807) is 6.20 Å². The highest BCUT2D eigenvalue weighted by atomic mass is 79.9. The van der Waals surface area contributed by atoms with Crippen molar-refractivity contribution in [2.24, 2.45) is 5.92 Å². The number of rotatable bonds is 3. The van der Waals surface area contributed by atoms with Crippen LogP contribution in [0.2, 0.25) is 5.02 Å². The topological polar surface area (TPSA) is 45.1 Å². The Bertz CT molecular complexity index is 375. The molecule has 0 saturated heterocycles. The zero-order valence-electron chi connectivity index (χ0n) is 8.79. The molecule has 0 bridgehead atoms. The summed E-state index contributed by atoms with van der Waals surface area (Å²) in [6.45, 7) is 0.851. The Hall–Kier alpha value is -0.320. The zero-order valence-corrected chi connectivity index (χ0v) is 11.1. The molecule has 1 heterocycles. The number of halogens is 2. The van der Waals surface area contributed by atoms with Gasteiger partial charge in [0.25, 0.3) is 0 Å². The minimum absolute atomic E-state index is 0.117. The fraction of sp³-hybridized carbons (Fsp3) is 0.545. The third kappa shape index (κ3) is 3.09. The van der Waals surface area contributed by atoms with Gasteiger partial charge < -0.3 is 10.4 Å². The Kier molecular flexibility index (Phi) is 4.05. The van der Waals surface area contributed by atoms with Gasteiger partial charge in [0.1, 0.15) is 5.82 Å². The van der Waals surface area contributed by atoms with Gasteiger partial charge in [-0.1, -0.05) is 11.6 Å². The normalized spacial score (nSPS) is 24.7. The molecule has 16 heavy (non-hydrogen) atoms. The average Bonchev–Trinajstić information content (AvgIpc) is 2.63. The van der Waals surface area contributed by atoms with Gasteiger partial charge in [0.2, 0.25) is 0 Å². The van der Waals surface area contributed by atoms with Crippen LogP contribution in [-0.4, -0.2) is 22.7 Å². The minimum atomic E-state index is -0.117. The van der Waals surface area contributed by atoms with Gasteiger partial charge in [-0.05, 0) is 47.2 Å². The Morgan fingerprint density at radius 3 is 3.00 bits per heavy atom. The van der Waals surface area contributed by atoms with Crippen molar-refractivity contribution >= 4 is 33.3 Å². The molecule has 1 aromatic rings. The summed E-state index contributed by atoms with van der Waals surface area (Å²) >= 11 is 9.22. The van der Waals surface area contributed by atoms with Gasteiger partial charge in [-0.25, -0.2) is 4.98 Å². The van der Waals surface area contributed by atoms with Gasteiger partial charge in [-0.2, -0.15) is 0 Å². The number of nitrogens with one attached hydrogen (secondary N) is 1. The highest BCUT2D eigenvalue weighted by Gasteiger charge is 2.22. The fourth-order valence-corrected chi connectivity index (χ4v) is 2.80. The first kappa shape index (κ1) is 12.1. The van der Waals surface area contributed by atoms with E-state index in [0.717, 1.165) is 36.1 Å². The number of nitrogens with zero attached hydrogens (tertiary/aromatic N) is 1. The molecular formula is C11H14BrClN2O. The van der Waals surface area contributed by atoms with Crippen LogP contribution in [0.3, 0.4) is 0 Å². The predicted octanol–water partition coefficient (Wildman–Crippen LogP) is 3.07. The van der Waals surface area contributed by atoms with Crippen LogP contribution in [0.1, 0.15) is 19.3 Å². The van der Waals surface area contributed by atoms with Crippen molar-refractivity contribution in [2.45, 2.75) is 25.4 Å². The summed E-state index contributed by atoms with van der Waals surface area (Å²) in [6, 6.07) is 1.82. The second kappa shape index (κ2) is 5.34. The molecule has 1 aliphatic carbocycles.